The maximum absolute atomic E-state index is 14.3. The molecule has 204 valence electrons. The Bertz CT molecular complexity index is 1150. The molecule has 0 saturated carbocycles. The molecule has 4 rings (SSSR count). The lowest BCUT2D eigenvalue weighted by Crippen LogP contribution is -2.54. The highest BCUT2D eigenvalue weighted by molar-refractivity contribution is 6.30. The van der Waals surface area contributed by atoms with Crippen molar-refractivity contribution in [3.63, 3.8) is 0 Å². The first-order valence-electron chi connectivity index (χ1n) is 13.2. The number of methoxy groups -OCH3 is 1. The highest BCUT2D eigenvalue weighted by Crippen LogP contribution is 2.40. The zero-order chi connectivity index (χ0) is 27.2. The first-order chi connectivity index (χ1) is 18.4. The molecule has 2 heterocycles. The number of aliphatic imine (C=N–C) groups is 1. The summed E-state index contributed by atoms with van der Waals surface area (Å²) in [4.78, 5) is 36.3. The number of nitrogens with zero attached hydrogens (tertiary/aromatic N) is 4. The van der Waals surface area contributed by atoms with Crippen molar-refractivity contribution in [2.45, 2.75) is 39.3 Å². The average molecular weight is 541 g/mol. The van der Waals surface area contributed by atoms with Crippen molar-refractivity contribution >= 4 is 29.8 Å². The number of hydrogen-bond donors (Lipinski definition) is 0. The van der Waals surface area contributed by atoms with Gasteiger partial charge in [-0.05, 0) is 49.1 Å². The normalized spacial score (nSPS) is 20.0. The van der Waals surface area contributed by atoms with E-state index in [2.05, 4.69) is 18.7 Å². The molecule has 38 heavy (non-hydrogen) atoms. The third-order valence-electron chi connectivity index (χ3n) is 6.99. The number of amides is 2. The molecule has 0 aromatic heterocycles. The quantitative estimate of drug-likeness (QED) is 0.423. The summed E-state index contributed by atoms with van der Waals surface area (Å²) in [6, 6.07) is 12.8. The number of halogens is 1. The van der Waals surface area contributed by atoms with Gasteiger partial charge < -0.3 is 19.2 Å². The highest BCUT2D eigenvalue weighted by Gasteiger charge is 2.44. The van der Waals surface area contributed by atoms with Gasteiger partial charge in [0.25, 0.3) is 0 Å². The average Bonchev–Trinajstić information content (AvgIpc) is 3.27. The van der Waals surface area contributed by atoms with Crippen molar-refractivity contribution in [2.24, 2.45) is 10.9 Å². The number of hydrogen-bond acceptors (Lipinski definition) is 6. The van der Waals surface area contributed by atoms with E-state index < -0.39 is 0 Å². The SMILES string of the molecule is CCOc1cc(OC)ccc1C1=NC(CC(C)C)C(c2ccc(Cl)cc2)N1C(=O)N1CCN(CC=O)CC1. The first-order valence-corrected chi connectivity index (χ1v) is 13.6. The van der Waals surface area contributed by atoms with Crippen molar-refractivity contribution < 1.29 is 19.1 Å². The predicted molar refractivity (Wildman–Crippen MR) is 149 cm³/mol. The van der Waals surface area contributed by atoms with Gasteiger partial charge in [-0.3, -0.25) is 14.8 Å². The Labute approximate surface area is 230 Å². The van der Waals surface area contributed by atoms with Crippen LogP contribution in [-0.4, -0.2) is 85.3 Å². The summed E-state index contributed by atoms with van der Waals surface area (Å²) >= 11 is 6.23. The molecule has 1 fully saturated rings. The van der Waals surface area contributed by atoms with Crippen LogP contribution in [0.2, 0.25) is 5.02 Å². The summed E-state index contributed by atoms with van der Waals surface area (Å²) in [7, 11) is 1.62. The van der Waals surface area contributed by atoms with Crippen molar-refractivity contribution in [3.05, 3.63) is 58.6 Å². The second-order valence-corrected chi connectivity index (χ2v) is 10.5. The lowest BCUT2D eigenvalue weighted by molar-refractivity contribution is -0.109. The molecule has 2 aromatic carbocycles. The van der Waals surface area contributed by atoms with Gasteiger partial charge in [-0.15, -0.1) is 0 Å². The number of carbonyl (C=O) groups excluding carboxylic acids is 2. The summed E-state index contributed by atoms with van der Waals surface area (Å²) in [6.45, 7) is 9.51. The largest absolute Gasteiger partial charge is 0.497 e. The number of ether oxygens (including phenoxy) is 2. The van der Waals surface area contributed by atoms with Crippen LogP contribution >= 0.6 is 11.6 Å². The monoisotopic (exact) mass is 540 g/mol. The minimum absolute atomic E-state index is 0.0982. The van der Waals surface area contributed by atoms with Gasteiger partial charge in [0, 0.05) is 37.3 Å². The minimum atomic E-state index is -0.290. The minimum Gasteiger partial charge on any atom is -0.497 e. The molecular weight excluding hydrogens is 504 g/mol. The predicted octanol–water partition coefficient (Wildman–Crippen LogP) is 4.90. The van der Waals surface area contributed by atoms with E-state index >= 15 is 0 Å². The molecule has 0 N–H and O–H groups in total. The van der Waals surface area contributed by atoms with Crippen LogP contribution in [0.5, 0.6) is 11.5 Å². The Balaban J connectivity index is 1.79. The molecule has 2 aromatic rings. The van der Waals surface area contributed by atoms with Crippen molar-refractivity contribution in [2.75, 3.05) is 46.4 Å². The van der Waals surface area contributed by atoms with E-state index in [1.807, 2.05) is 59.2 Å². The number of piperazine rings is 1. The molecule has 2 aliphatic heterocycles. The van der Waals surface area contributed by atoms with Gasteiger partial charge in [0.1, 0.15) is 23.6 Å². The maximum Gasteiger partial charge on any atom is 0.326 e. The Kier molecular flexibility index (Phi) is 9.28. The van der Waals surface area contributed by atoms with E-state index in [0.29, 0.717) is 67.6 Å². The van der Waals surface area contributed by atoms with Crippen molar-refractivity contribution in [3.8, 4) is 11.5 Å². The summed E-state index contributed by atoms with van der Waals surface area (Å²) < 4.78 is 11.5. The first kappa shape index (κ1) is 27.9. The molecule has 1 saturated heterocycles. The zero-order valence-corrected chi connectivity index (χ0v) is 23.4. The van der Waals surface area contributed by atoms with E-state index in [1.165, 1.54) is 0 Å². The van der Waals surface area contributed by atoms with E-state index in [1.54, 1.807) is 7.11 Å². The van der Waals surface area contributed by atoms with Crippen molar-refractivity contribution in [1.29, 1.82) is 0 Å². The topological polar surface area (TPSA) is 74.7 Å². The fourth-order valence-electron chi connectivity index (χ4n) is 5.17. The zero-order valence-electron chi connectivity index (χ0n) is 22.6. The third-order valence-corrected chi connectivity index (χ3v) is 7.25. The van der Waals surface area contributed by atoms with Crippen LogP contribution in [0.3, 0.4) is 0 Å². The van der Waals surface area contributed by atoms with Crippen LogP contribution in [0.25, 0.3) is 0 Å². The van der Waals surface area contributed by atoms with Gasteiger partial charge in [-0.25, -0.2) is 4.79 Å². The second-order valence-electron chi connectivity index (χ2n) is 10.0. The summed E-state index contributed by atoms with van der Waals surface area (Å²) in [5, 5.41) is 0.645. The van der Waals surface area contributed by atoms with E-state index in [-0.39, 0.29) is 18.1 Å². The Hall–Kier alpha value is -3.10. The van der Waals surface area contributed by atoms with Crippen LogP contribution in [0.4, 0.5) is 4.79 Å². The van der Waals surface area contributed by atoms with Crippen molar-refractivity contribution in [1.82, 2.24) is 14.7 Å². The number of aldehydes is 1. The van der Waals surface area contributed by atoms with Crippen LogP contribution in [-0.2, 0) is 4.79 Å². The number of amidine groups is 1. The number of rotatable bonds is 9. The smallest absolute Gasteiger partial charge is 0.326 e. The summed E-state index contributed by atoms with van der Waals surface area (Å²) in [5.41, 5.74) is 1.74. The fraction of sp³-hybridized carbons (Fsp3) is 0.483. The molecule has 2 amide bonds. The lowest BCUT2D eigenvalue weighted by Gasteiger charge is -2.38. The summed E-state index contributed by atoms with van der Waals surface area (Å²) in [5.74, 6) is 2.28. The highest BCUT2D eigenvalue weighted by atomic mass is 35.5. The van der Waals surface area contributed by atoms with E-state index in [4.69, 9.17) is 26.1 Å². The number of benzene rings is 2. The molecule has 0 spiro atoms. The molecule has 8 nitrogen and oxygen atoms in total. The maximum atomic E-state index is 14.3. The second kappa shape index (κ2) is 12.6. The van der Waals surface area contributed by atoms with Crippen LogP contribution in [0.15, 0.2) is 47.5 Å². The molecule has 2 aliphatic rings. The van der Waals surface area contributed by atoms with E-state index in [0.717, 1.165) is 23.8 Å². The molecule has 0 radical (unpaired) electrons. The molecule has 2 unspecified atom stereocenters. The van der Waals surface area contributed by atoms with Gasteiger partial charge in [0.05, 0.1) is 37.9 Å². The number of carbonyl (C=O) groups is 2. The van der Waals surface area contributed by atoms with Crippen LogP contribution < -0.4 is 9.47 Å². The van der Waals surface area contributed by atoms with Gasteiger partial charge in [0.2, 0.25) is 0 Å². The van der Waals surface area contributed by atoms with Gasteiger partial charge in [-0.1, -0.05) is 37.6 Å². The van der Waals surface area contributed by atoms with Gasteiger partial charge in [0.15, 0.2) is 0 Å². The summed E-state index contributed by atoms with van der Waals surface area (Å²) in [6.07, 6.45) is 1.72. The molecule has 2 atom stereocenters. The lowest BCUT2D eigenvalue weighted by atomic mass is 9.93. The Morgan fingerprint density at radius 3 is 2.45 bits per heavy atom. The van der Waals surface area contributed by atoms with Gasteiger partial charge in [-0.2, -0.15) is 0 Å². The standard InChI is InChI=1S/C29H37ClN4O4/c1-5-38-26-19-23(37-4)10-11-24(26)28-31-25(18-20(2)3)27(21-6-8-22(30)9-7-21)34(28)29(36)33-14-12-32(13-15-33)16-17-35/h6-11,17,19-20,25,27H,5,12-16,18H2,1-4H3. The Morgan fingerprint density at radius 1 is 1.13 bits per heavy atom. The number of urea groups is 1. The van der Waals surface area contributed by atoms with Crippen LogP contribution in [0, 0.1) is 5.92 Å². The molecule has 9 heteroatoms. The van der Waals surface area contributed by atoms with E-state index in [9.17, 15) is 9.59 Å². The fourth-order valence-corrected chi connectivity index (χ4v) is 5.29. The Morgan fingerprint density at radius 2 is 1.84 bits per heavy atom. The molecular formula is C29H37ClN4O4. The van der Waals surface area contributed by atoms with Gasteiger partial charge >= 0.3 is 6.03 Å². The molecule has 0 bridgehead atoms. The third kappa shape index (κ3) is 6.13. The van der Waals surface area contributed by atoms with Crippen LogP contribution in [0.1, 0.15) is 44.4 Å². The molecule has 0 aliphatic carbocycles.